The van der Waals surface area contributed by atoms with Gasteiger partial charge in [-0.25, -0.2) is 4.85 Å². The fourth-order valence-corrected chi connectivity index (χ4v) is 5.81. The number of nitrogens with one attached hydrogen (secondary N) is 1. The summed E-state index contributed by atoms with van der Waals surface area (Å²) < 4.78 is 5.85. The Balaban J connectivity index is 1.01. The molecule has 4 aromatic rings. The molecule has 0 spiro atoms. The molecule has 6 rings (SSSR count). The fourth-order valence-electron chi connectivity index (χ4n) is 5.81. The van der Waals surface area contributed by atoms with Crippen molar-refractivity contribution in [3.8, 4) is 6.07 Å². The maximum atomic E-state index is 13.3. The molecule has 216 valence electrons. The number of nitrogens with zero attached hydrogens (tertiary/aromatic N) is 5. The van der Waals surface area contributed by atoms with E-state index in [1.165, 1.54) is 5.56 Å². The fraction of sp³-hybridized carbons (Fsp3) is 0.294. The summed E-state index contributed by atoms with van der Waals surface area (Å²) in [5.74, 6) is -0.0301. The van der Waals surface area contributed by atoms with Gasteiger partial charge >= 0.3 is 0 Å². The highest BCUT2D eigenvalue weighted by Crippen LogP contribution is 2.24. The SMILES string of the molecule is [C-]#[N+]c1ccc(N2CCN(C(=O)c3ccc4oc(C(=O)NC5CCN(Cc6ccc(C#N)cc6)CC5)cc4c3)CC2)cc1. The summed E-state index contributed by atoms with van der Waals surface area (Å²) in [7, 11) is 0. The van der Waals surface area contributed by atoms with Crippen LogP contribution in [-0.2, 0) is 6.54 Å². The average molecular weight is 573 g/mol. The van der Waals surface area contributed by atoms with Crippen LogP contribution in [0.15, 0.2) is 77.2 Å². The Morgan fingerprint density at radius 1 is 0.930 bits per heavy atom. The lowest BCUT2D eigenvalue weighted by Gasteiger charge is -2.36. The Labute approximate surface area is 250 Å². The van der Waals surface area contributed by atoms with E-state index in [4.69, 9.17) is 16.3 Å². The van der Waals surface area contributed by atoms with Crippen LogP contribution in [0.5, 0.6) is 0 Å². The Morgan fingerprint density at radius 2 is 1.65 bits per heavy atom. The number of nitriles is 1. The van der Waals surface area contributed by atoms with E-state index in [0.29, 0.717) is 35.5 Å². The van der Waals surface area contributed by atoms with Crippen LogP contribution in [0.4, 0.5) is 11.4 Å². The standard InChI is InChI=1S/C34H32N6O3/c1-36-28-7-9-30(10-8-28)39-16-18-40(19-17-39)34(42)26-6-11-31-27(20-26)21-32(43-31)33(41)37-29-12-14-38(15-13-29)23-25-4-2-24(22-35)3-5-25/h2-11,20-21,29H,12-19,23H2,(H,37,41). The van der Waals surface area contributed by atoms with Crippen molar-refractivity contribution in [2.24, 2.45) is 0 Å². The highest BCUT2D eigenvalue weighted by atomic mass is 16.3. The number of likely N-dealkylation sites (tertiary alicyclic amines) is 1. The number of piperidine rings is 1. The number of benzene rings is 3. The van der Waals surface area contributed by atoms with Crippen LogP contribution >= 0.6 is 0 Å². The molecule has 2 amide bonds. The summed E-state index contributed by atoms with van der Waals surface area (Å²) in [6.07, 6.45) is 1.70. The number of fused-ring (bicyclic) bond motifs is 1. The summed E-state index contributed by atoms with van der Waals surface area (Å²) in [5.41, 5.74) is 4.66. The summed E-state index contributed by atoms with van der Waals surface area (Å²) in [5, 5.41) is 12.8. The van der Waals surface area contributed by atoms with Gasteiger partial charge in [-0.3, -0.25) is 14.5 Å². The third-order valence-electron chi connectivity index (χ3n) is 8.31. The number of rotatable bonds is 6. The van der Waals surface area contributed by atoms with Gasteiger partial charge in [0, 0.05) is 68.5 Å². The molecular weight excluding hydrogens is 540 g/mol. The molecule has 0 saturated carbocycles. The van der Waals surface area contributed by atoms with Gasteiger partial charge in [-0.05, 0) is 66.9 Å². The molecule has 9 nitrogen and oxygen atoms in total. The van der Waals surface area contributed by atoms with Crippen molar-refractivity contribution in [2.75, 3.05) is 44.2 Å². The molecular formula is C34H32N6O3. The van der Waals surface area contributed by atoms with E-state index in [-0.39, 0.29) is 23.6 Å². The van der Waals surface area contributed by atoms with Crippen molar-refractivity contribution in [1.29, 1.82) is 5.26 Å². The topological polar surface area (TPSA) is 97.2 Å². The first-order valence-corrected chi connectivity index (χ1v) is 14.6. The number of piperazine rings is 1. The maximum Gasteiger partial charge on any atom is 0.287 e. The molecule has 43 heavy (non-hydrogen) atoms. The molecule has 3 heterocycles. The van der Waals surface area contributed by atoms with Crippen molar-refractivity contribution in [1.82, 2.24) is 15.1 Å². The second-order valence-corrected chi connectivity index (χ2v) is 11.1. The minimum atomic E-state index is -0.241. The number of amides is 2. The van der Waals surface area contributed by atoms with Crippen LogP contribution in [-0.4, -0.2) is 66.9 Å². The van der Waals surface area contributed by atoms with Crippen LogP contribution in [0.25, 0.3) is 15.8 Å². The average Bonchev–Trinajstić information content (AvgIpc) is 3.50. The molecule has 2 aliphatic heterocycles. The summed E-state index contributed by atoms with van der Waals surface area (Å²) in [4.78, 5) is 36.2. The van der Waals surface area contributed by atoms with Crippen LogP contribution in [0, 0.1) is 17.9 Å². The normalized spacial score (nSPS) is 16.0. The van der Waals surface area contributed by atoms with E-state index in [2.05, 4.69) is 26.0 Å². The zero-order chi connectivity index (χ0) is 29.8. The molecule has 2 fully saturated rings. The van der Waals surface area contributed by atoms with Gasteiger partial charge in [-0.2, -0.15) is 5.26 Å². The van der Waals surface area contributed by atoms with Gasteiger partial charge in [0.2, 0.25) is 0 Å². The highest BCUT2D eigenvalue weighted by Gasteiger charge is 2.25. The molecule has 9 heteroatoms. The maximum absolute atomic E-state index is 13.3. The van der Waals surface area contributed by atoms with Crippen molar-refractivity contribution in [3.63, 3.8) is 0 Å². The zero-order valence-electron chi connectivity index (χ0n) is 23.8. The zero-order valence-corrected chi connectivity index (χ0v) is 23.8. The second kappa shape index (κ2) is 12.4. The van der Waals surface area contributed by atoms with Gasteiger partial charge < -0.3 is 19.5 Å². The van der Waals surface area contributed by atoms with Gasteiger partial charge in [0.15, 0.2) is 11.4 Å². The Hall–Kier alpha value is -5.12. The van der Waals surface area contributed by atoms with E-state index in [9.17, 15) is 9.59 Å². The number of furan rings is 1. The third-order valence-corrected chi connectivity index (χ3v) is 8.31. The van der Waals surface area contributed by atoms with Crippen molar-refractivity contribution >= 4 is 34.2 Å². The number of anilines is 1. The summed E-state index contributed by atoms with van der Waals surface area (Å²) >= 11 is 0. The van der Waals surface area contributed by atoms with Crippen LogP contribution in [0.3, 0.4) is 0 Å². The monoisotopic (exact) mass is 572 g/mol. The molecule has 0 aliphatic carbocycles. The van der Waals surface area contributed by atoms with Crippen LogP contribution in [0.2, 0.25) is 0 Å². The van der Waals surface area contributed by atoms with E-state index in [0.717, 1.165) is 56.6 Å². The van der Waals surface area contributed by atoms with Gasteiger partial charge in [0.25, 0.3) is 11.8 Å². The predicted octanol–water partition coefficient (Wildman–Crippen LogP) is 5.21. The van der Waals surface area contributed by atoms with E-state index in [1.54, 1.807) is 24.3 Å². The van der Waals surface area contributed by atoms with Gasteiger partial charge in [0.05, 0.1) is 18.2 Å². The second-order valence-electron chi connectivity index (χ2n) is 11.1. The molecule has 3 aromatic carbocycles. The molecule has 0 radical (unpaired) electrons. The lowest BCUT2D eigenvalue weighted by atomic mass is 10.0. The first kappa shape index (κ1) is 28.0. The number of carbonyl (C=O) groups excluding carboxylic acids is 2. The largest absolute Gasteiger partial charge is 0.451 e. The van der Waals surface area contributed by atoms with Gasteiger partial charge in [-0.15, -0.1) is 0 Å². The predicted molar refractivity (Wildman–Crippen MR) is 164 cm³/mol. The number of carbonyl (C=O) groups is 2. The van der Waals surface area contributed by atoms with Crippen LogP contribution in [0.1, 0.15) is 44.9 Å². The molecule has 0 bridgehead atoms. The highest BCUT2D eigenvalue weighted by molar-refractivity contribution is 6.00. The lowest BCUT2D eigenvalue weighted by molar-refractivity contribution is 0.0746. The molecule has 2 aliphatic rings. The van der Waals surface area contributed by atoms with Crippen LogP contribution < -0.4 is 10.2 Å². The van der Waals surface area contributed by atoms with Crippen molar-refractivity contribution < 1.29 is 14.0 Å². The number of hydrogen-bond donors (Lipinski definition) is 1. The molecule has 1 aromatic heterocycles. The lowest BCUT2D eigenvalue weighted by Crippen LogP contribution is -2.48. The van der Waals surface area contributed by atoms with Gasteiger partial charge in [-0.1, -0.05) is 24.3 Å². The molecule has 0 unspecified atom stereocenters. The Kier molecular flexibility index (Phi) is 8.08. The van der Waals surface area contributed by atoms with Crippen molar-refractivity contribution in [3.05, 3.63) is 107 Å². The van der Waals surface area contributed by atoms with E-state index < -0.39 is 0 Å². The van der Waals surface area contributed by atoms with Crippen molar-refractivity contribution in [2.45, 2.75) is 25.4 Å². The Bertz CT molecular complexity index is 1700. The van der Waals surface area contributed by atoms with E-state index >= 15 is 0 Å². The smallest absolute Gasteiger partial charge is 0.287 e. The minimum absolute atomic E-state index is 0.0372. The quantitative estimate of drug-likeness (QED) is 0.319. The summed E-state index contributed by atoms with van der Waals surface area (Å²) in [6.45, 7) is 12.3. The third kappa shape index (κ3) is 6.38. The first-order valence-electron chi connectivity index (χ1n) is 14.6. The van der Waals surface area contributed by atoms with E-state index in [1.807, 2.05) is 53.4 Å². The first-order chi connectivity index (χ1) is 21.0. The molecule has 2 saturated heterocycles. The minimum Gasteiger partial charge on any atom is -0.451 e. The number of hydrogen-bond acceptors (Lipinski definition) is 6. The molecule has 0 atom stereocenters. The molecule has 1 N–H and O–H groups in total. The Morgan fingerprint density at radius 3 is 2.33 bits per heavy atom. The summed E-state index contributed by atoms with van der Waals surface area (Å²) in [6, 6.07) is 24.5. The van der Waals surface area contributed by atoms with Gasteiger partial charge in [0.1, 0.15) is 5.58 Å².